The summed E-state index contributed by atoms with van der Waals surface area (Å²) in [5.74, 6) is -0.0766. The van der Waals surface area contributed by atoms with Crippen molar-refractivity contribution >= 4 is 15.7 Å². The Labute approximate surface area is 119 Å². The van der Waals surface area contributed by atoms with Crippen molar-refractivity contribution in [2.75, 3.05) is 4.72 Å². The van der Waals surface area contributed by atoms with Gasteiger partial charge < -0.3 is 5.11 Å². The second-order valence-electron chi connectivity index (χ2n) is 4.65. The van der Waals surface area contributed by atoms with Crippen molar-refractivity contribution in [3.05, 3.63) is 65.7 Å². The quantitative estimate of drug-likeness (QED) is 0.890. The number of nitrogens with one attached hydrogen (secondary N) is 1. The van der Waals surface area contributed by atoms with Crippen LogP contribution in [0.1, 0.15) is 24.2 Å². The summed E-state index contributed by atoms with van der Waals surface area (Å²) in [6.45, 7) is 1.64. The maximum Gasteiger partial charge on any atom is 0.236 e. The molecule has 1 atom stereocenters. The predicted molar refractivity (Wildman–Crippen MR) is 79.8 cm³/mol. The topological polar surface area (TPSA) is 66.4 Å². The van der Waals surface area contributed by atoms with Crippen LogP contribution in [-0.2, 0) is 15.8 Å². The molecule has 0 spiro atoms. The first kappa shape index (κ1) is 14.6. The lowest BCUT2D eigenvalue weighted by Gasteiger charge is -2.10. The predicted octanol–water partition coefficient (Wildman–Crippen LogP) is 2.68. The van der Waals surface area contributed by atoms with E-state index in [9.17, 15) is 13.5 Å². The third-order valence-electron chi connectivity index (χ3n) is 2.84. The maximum absolute atomic E-state index is 12.1. The Bertz CT molecular complexity index is 667. The molecule has 5 heteroatoms. The van der Waals surface area contributed by atoms with Crippen molar-refractivity contribution in [1.82, 2.24) is 0 Å². The Kier molecular flexibility index (Phi) is 4.42. The van der Waals surface area contributed by atoms with E-state index in [1.165, 1.54) is 0 Å². The van der Waals surface area contributed by atoms with Crippen molar-refractivity contribution < 1.29 is 13.5 Å². The number of hydrogen-bond donors (Lipinski definition) is 2. The average molecular weight is 291 g/mol. The number of benzene rings is 2. The number of aliphatic hydroxyl groups is 1. The van der Waals surface area contributed by atoms with Gasteiger partial charge >= 0.3 is 0 Å². The fourth-order valence-corrected chi connectivity index (χ4v) is 3.06. The van der Waals surface area contributed by atoms with Gasteiger partial charge in [-0.25, -0.2) is 8.42 Å². The largest absolute Gasteiger partial charge is 0.389 e. The van der Waals surface area contributed by atoms with Crippen LogP contribution in [0.3, 0.4) is 0 Å². The second-order valence-corrected chi connectivity index (χ2v) is 6.37. The SMILES string of the molecule is CC(O)c1cccc(NS(=O)(=O)Cc2ccccc2)c1. The third-order valence-corrected chi connectivity index (χ3v) is 4.10. The molecule has 4 nitrogen and oxygen atoms in total. The summed E-state index contributed by atoms with van der Waals surface area (Å²) in [5, 5.41) is 9.50. The normalized spacial score (nSPS) is 12.9. The number of hydrogen-bond acceptors (Lipinski definition) is 3. The number of anilines is 1. The molecule has 0 aliphatic heterocycles. The van der Waals surface area contributed by atoms with E-state index in [-0.39, 0.29) is 5.75 Å². The molecule has 0 heterocycles. The first-order chi connectivity index (χ1) is 9.46. The molecule has 106 valence electrons. The molecule has 2 aromatic rings. The van der Waals surface area contributed by atoms with E-state index in [0.29, 0.717) is 11.3 Å². The third kappa shape index (κ3) is 4.08. The van der Waals surface area contributed by atoms with Crippen LogP contribution in [0.2, 0.25) is 0 Å². The van der Waals surface area contributed by atoms with Gasteiger partial charge in [0.1, 0.15) is 0 Å². The fraction of sp³-hybridized carbons (Fsp3) is 0.200. The zero-order valence-electron chi connectivity index (χ0n) is 11.2. The van der Waals surface area contributed by atoms with Crippen LogP contribution in [0.25, 0.3) is 0 Å². The van der Waals surface area contributed by atoms with Gasteiger partial charge in [-0.1, -0.05) is 42.5 Å². The zero-order valence-corrected chi connectivity index (χ0v) is 12.0. The summed E-state index contributed by atoms with van der Waals surface area (Å²) in [6.07, 6.45) is -0.631. The van der Waals surface area contributed by atoms with E-state index in [1.807, 2.05) is 6.07 Å². The minimum absolute atomic E-state index is 0.0766. The summed E-state index contributed by atoms with van der Waals surface area (Å²) in [4.78, 5) is 0. The smallest absolute Gasteiger partial charge is 0.236 e. The molecular formula is C15H17NO3S. The van der Waals surface area contributed by atoms with Crippen LogP contribution in [0.15, 0.2) is 54.6 Å². The zero-order chi connectivity index (χ0) is 14.6. The molecule has 0 aromatic heterocycles. The van der Waals surface area contributed by atoms with Gasteiger partial charge in [0.25, 0.3) is 0 Å². The lowest BCUT2D eigenvalue weighted by Crippen LogP contribution is -2.15. The molecule has 0 aliphatic carbocycles. The van der Waals surface area contributed by atoms with Crippen LogP contribution < -0.4 is 4.72 Å². The average Bonchev–Trinajstić information content (AvgIpc) is 2.39. The van der Waals surface area contributed by atoms with Gasteiger partial charge in [0.05, 0.1) is 11.9 Å². The number of aliphatic hydroxyl groups excluding tert-OH is 1. The molecule has 0 radical (unpaired) electrons. The van der Waals surface area contributed by atoms with Crippen molar-refractivity contribution in [1.29, 1.82) is 0 Å². The lowest BCUT2D eigenvalue weighted by atomic mass is 10.1. The maximum atomic E-state index is 12.1. The van der Waals surface area contributed by atoms with Gasteiger partial charge in [0.2, 0.25) is 10.0 Å². The van der Waals surface area contributed by atoms with Crippen LogP contribution in [0.5, 0.6) is 0 Å². The van der Waals surface area contributed by atoms with E-state index < -0.39 is 16.1 Å². The lowest BCUT2D eigenvalue weighted by molar-refractivity contribution is 0.199. The minimum atomic E-state index is -3.46. The summed E-state index contributed by atoms with van der Waals surface area (Å²) < 4.78 is 26.7. The fourth-order valence-electron chi connectivity index (χ4n) is 1.87. The van der Waals surface area contributed by atoms with E-state index in [1.54, 1.807) is 55.5 Å². The first-order valence-corrected chi connectivity index (χ1v) is 7.94. The molecule has 0 amide bonds. The monoisotopic (exact) mass is 291 g/mol. The highest BCUT2D eigenvalue weighted by Gasteiger charge is 2.12. The molecule has 2 N–H and O–H groups in total. The number of rotatable bonds is 5. The molecule has 2 rings (SSSR count). The van der Waals surface area contributed by atoms with Gasteiger partial charge in [-0.2, -0.15) is 0 Å². The Hall–Kier alpha value is -1.85. The van der Waals surface area contributed by atoms with Crippen molar-refractivity contribution in [3.8, 4) is 0 Å². The summed E-state index contributed by atoms with van der Waals surface area (Å²) in [5.41, 5.74) is 1.86. The van der Waals surface area contributed by atoms with E-state index in [4.69, 9.17) is 0 Å². The minimum Gasteiger partial charge on any atom is -0.389 e. The van der Waals surface area contributed by atoms with Crippen molar-refractivity contribution in [2.24, 2.45) is 0 Å². The molecule has 2 aromatic carbocycles. The van der Waals surface area contributed by atoms with Crippen LogP contribution in [0.4, 0.5) is 5.69 Å². The molecule has 1 unspecified atom stereocenters. The molecular weight excluding hydrogens is 274 g/mol. The molecule has 0 aliphatic rings. The summed E-state index contributed by atoms with van der Waals surface area (Å²) in [7, 11) is -3.46. The van der Waals surface area contributed by atoms with Gasteiger partial charge in [-0.15, -0.1) is 0 Å². The van der Waals surface area contributed by atoms with Gasteiger partial charge in [0.15, 0.2) is 0 Å². The molecule has 0 saturated heterocycles. The highest BCUT2D eigenvalue weighted by atomic mass is 32.2. The summed E-state index contributed by atoms with van der Waals surface area (Å²) >= 11 is 0. The van der Waals surface area contributed by atoms with Crippen molar-refractivity contribution in [2.45, 2.75) is 18.8 Å². The molecule has 20 heavy (non-hydrogen) atoms. The standard InChI is InChI=1S/C15H17NO3S/c1-12(17)14-8-5-9-15(10-14)16-20(18,19)11-13-6-3-2-4-7-13/h2-10,12,16-17H,11H2,1H3. The molecule has 0 fully saturated rings. The molecule has 0 saturated carbocycles. The van der Waals surface area contributed by atoms with Crippen LogP contribution >= 0.6 is 0 Å². The van der Waals surface area contributed by atoms with E-state index >= 15 is 0 Å². The first-order valence-electron chi connectivity index (χ1n) is 6.29. The highest BCUT2D eigenvalue weighted by molar-refractivity contribution is 7.91. The highest BCUT2D eigenvalue weighted by Crippen LogP contribution is 2.19. The van der Waals surface area contributed by atoms with Gasteiger partial charge in [0, 0.05) is 5.69 Å². The Morgan fingerprint density at radius 2 is 1.80 bits per heavy atom. The van der Waals surface area contributed by atoms with Crippen LogP contribution in [-0.4, -0.2) is 13.5 Å². The van der Waals surface area contributed by atoms with E-state index in [2.05, 4.69) is 4.72 Å². The number of sulfonamides is 1. The second kappa shape index (κ2) is 6.07. The Balaban J connectivity index is 2.14. The van der Waals surface area contributed by atoms with Gasteiger partial charge in [-0.3, -0.25) is 4.72 Å². The summed E-state index contributed by atoms with van der Waals surface area (Å²) in [6, 6.07) is 15.7. The Morgan fingerprint density at radius 1 is 1.10 bits per heavy atom. The van der Waals surface area contributed by atoms with Gasteiger partial charge in [-0.05, 0) is 30.2 Å². The van der Waals surface area contributed by atoms with Crippen molar-refractivity contribution in [3.63, 3.8) is 0 Å². The Morgan fingerprint density at radius 3 is 2.45 bits per heavy atom. The van der Waals surface area contributed by atoms with E-state index in [0.717, 1.165) is 5.56 Å². The molecule has 0 bridgehead atoms. The van der Waals surface area contributed by atoms with Crippen LogP contribution in [0, 0.1) is 0 Å².